The van der Waals surface area contributed by atoms with Crippen LogP contribution in [0.3, 0.4) is 0 Å². The number of rotatable bonds is 6. The molecule has 0 aliphatic carbocycles. The minimum Gasteiger partial charge on any atom is -0.480 e. The Kier molecular flexibility index (Phi) is 3.98. The summed E-state index contributed by atoms with van der Waals surface area (Å²) < 4.78 is 0. The molecule has 0 radical (unpaired) electrons. The smallest absolute Gasteiger partial charge is 0.326 e. The largest absolute Gasteiger partial charge is 0.480 e. The minimum atomic E-state index is -0.893. The third kappa shape index (κ3) is 2.70. The molecular weight excluding hydrogens is 254 g/mol. The van der Waals surface area contributed by atoms with Gasteiger partial charge in [-0.3, -0.25) is 0 Å². The van der Waals surface area contributed by atoms with Gasteiger partial charge >= 0.3 is 5.97 Å². The molecule has 7 nitrogen and oxygen atoms in total. The Labute approximate surface area is 107 Å². The lowest BCUT2D eigenvalue weighted by Crippen LogP contribution is -2.30. The van der Waals surface area contributed by atoms with Crippen molar-refractivity contribution in [2.75, 3.05) is 17.3 Å². The van der Waals surface area contributed by atoms with E-state index in [9.17, 15) is 4.79 Å². The van der Waals surface area contributed by atoms with Crippen molar-refractivity contribution in [3.05, 3.63) is 12.7 Å². The number of nitrogens with one attached hydrogen (secondary N) is 2. The van der Waals surface area contributed by atoms with Crippen LogP contribution in [0.25, 0.3) is 11.2 Å². The van der Waals surface area contributed by atoms with Crippen LogP contribution in [0.4, 0.5) is 5.82 Å². The van der Waals surface area contributed by atoms with Gasteiger partial charge in [0.15, 0.2) is 11.5 Å². The highest BCUT2D eigenvalue weighted by Gasteiger charge is 2.18. The molecule has 2 heterocycles. The predicted octanol–water partition coefficient (Wildman–Crippen LogP) is 0.971. The van der Waals surface area contributed by atoms with Crippen molar-refractivity contribution in [3.8, 4) is 0 Å². The lowest BCUT2D eigenvalue weighted by molar-refractivity contribution is -0.137. The topological polar surface area (TPSA) is 104 Å². The molecule has 0 amide bonds. The maximum atomic E-state index is 11.1. The highest BCUT2D eigenvalue weighted by Crippen LogP contribution is 2.16. The van der Waals surface area contributed by atoms with Crippen LogP contribution in [0.5, 0.6) is 0 Å². The molecule has 0 saturated heterocycles. The summed E-state index contributed by atoms with van der Waals surface area (Å²) in [7, 11) is 0. The van der Waals surface area contributed by atoms with Gasteiger partial charge in [0, 0.05) is 0 Å². The number of imidazole rings is 1. The Balaban J connectivity index is 2.20. The van der Waals surface area contributed by atoms with Gasteiger partial charge in [-0.15, -0.1) is 0 Å². The summed E-state index contributed by atoms with van der Waals surface area (Å²) in [5.41, 5.74) is 1.13. The number of fused-ring (bicyclic) bond motifs is 1. The lowest BCUT2D eigenvalue weighted by Gasteiger charge is -2.14. The van der Waals surface area contributed by atoms with Gasteiger partial charge in [-0.2, -0.15) is 11.8 Å². The fourth-order valence-electron chi connectivity index (χ4n) is 1.53. The second-order valence-electron chi connectivity index (χ2n) is 3.64. The van der Waals surface area contributed by atoms with Crippen LogP contribution in [-0.4, -0.2) is 49.1 Å². The van der Waals surface area contributed by atoms with Crippen LogP contribution in [0.15, 0.2) is 12.7 Å². The molecule has 3 N–H and O–H groups in total. The van der Waals surface area contributed by atoms with E-state index < -0.39 is 12.0 Å². The number of nitrogens with zero attached hydrogens (tertiary/aromatic N) is 3. The average molecular weight is 267 g/mol. The van der Waals surface area contributed by atoms with Gasteiger partial charge in [0.05, 0.1) is 6.33 Å². The standard InChI is InChI=1S/C10H13N5O2S/c1-18-3-2-6(10(16)17)15-9-7-8(12-4-11-7)13-5-14-9/h4-6H,2-3H2,1H3,(H,16,17)(H2,11,12,13,14,15). The molecule has 0 aliphatic heterocycles. The van der Waals surface area contributed by atoms with Crippen LogP contribution < -0.4 is 5.32 Å². The van der Waals surface area contributed by atoms with E-state index in [1.165, 1.54) is 12.7 Å². The van der Waals surface area contributed by atoms with E-state index >= 15 is 0 Å². The Morgan fingerprint density at radius 3 is 3.11 bits per heavy atom. The fraction of sp³-hybridized carbons (Fsp3) is 0.400. The monoisotopic (exact) mass is 267 g/mol. The van der Waals surface area contributed by atoms with E-state index in [2.05, 4.69) is 25.3 Å². The number of anilines is 1. The molecule has 0 spiro atoms. The third-order valence-electron chi connectivity index (χ3n) is 2.44. The van der Waals surface area contributed by atoms with Crippen LogP contribution in [-0.2, 0) is 4.79 Å². The summed E-state index contributed by atoms with van der Waals surface area (Å²) in [6.45, 7) is 0. The molecule has 0 aromatic carbocycles. The molecule has 18 heavy (non-hydrogen) atoms. The summed E-state index contributed by atoms with van der Waals surface area (Å²) in [6, 6.07) is -0.668. The first-order valence-corrected chi connectivity index (χ1v) is 6.74. The summed E-state index contributed by atoms with van der Waals surface area (Å²) in [6.07, 6.45) is 5.33. The molecule has 2 aromatic heterocycles. The maximum Gasteiger partial charge on any atom is 0.326 e. The van der Waals surface area contributed by atoms with Crippen molar-refractivity contribution in [1.29, 1.82) is 0 Å². The number of hydrogen-bond acceptors (Lipinski definition) is 6. The van der Waals surface area contributed by atoms with E-state index in [1.54, 1.807) is 11.8 Å². The average Bonchev–Trinajstić information content (AvgIpc) is 2.83. The Morgan fingerprint density at radius 2 is 2.39 bits per heavy atom. The van der Waals surface area contributed by atoms with E-state index in [0.29, 0.717) is 23.4 Å². The van der Waals surface area contributed by atoms with Gasteiger partial charge in [0.1, 0.15) is 17.9 Å². The van der Waals surface area contributed by atoms with Crippen LogP contribution in [0.2, 0.25) is 0 Å². The first-order chi connectivity index (χ1) is 8.72. The molecule has 0 fully saturated rings. The third-order valence-corrected chi connectivity index (χ3v) is 3.09. The fourth-order valence-corrected chi connectivity index (χ4v) is 2.00. The Bertz CT molecular complexity index is 544. The second-order valence-corrected chi connectivity index (χ2v) is 4.63. The zero-order valence-corrected chi connectivity index (χ0v) is 10.6. The van der Waals surface area contributed by atoms with Gasteiger partial charge < -0.3 is 15.4 Å². The number of aromatic nitrogens is 4. The zero-order chi connectivity index (χ0) is 13.0. The van der Waals surface area contributed by atoms with Crippen molar-refractivity contribution in [3.63, 3.8) is 0 Å². The number of aliphatic carboxylic acids is 1. The summed E-state index contributed by atoms with van der Waals surface area (Å²) in [5, 5.41) is 12.1. The molecule has 2 rings (SSSR count). The summed E-state index contributed by atoms with van der Waals surface area (Å²) in [4.78, 5) is 26.0. The number of carboxylic acid groups (broad SMARTS) is 1. The molecule has 96 valence electrons. The number of aromatic amines is 1. The van der Waals surface area contributed by atoms with E-state index in [-0.39, 0.29) is 0 Å². The first-order valence-electron chi connectivity index (χ1n) is 5.34. The number of carbonyl (C=O) groups is 1. The highest BCUT2D eigenvalue weighted by molar-refractivity contribution is 7.98. The van der Waals surface area contributed by atoms with Crippen molar-refractivity contribution >= 4 is 34.7 Å². The molecule has 1 atom stereocenters. The van der Waals surface area contributed by atoms with Crippen LogP contribution >= 0.6 is 11.8 Å². The van der Waals surface area contributed by atoms with Crippen molar-refractivity contribution in [2.45, 2.75) is 12.5 Å². The number of hydrogen-bond donors (Lipinski definition) is 3. The van der Waals surface area contributed by atoms with Crippen molar-refractivity contribution < 1.29 is 9.90 Å². The Morgan fingerprint density at radius 1 is 1.56 bits per heavy atom. The highest BCUT2D eigenvalue weighted by atomic mass is 32.2. The van der Waals surface area contributed by atoms with Crippen LogP contribution in [0.1, 0.15) is 6.42 Å². The number of thioether (sulfide) groups is 1. The number of carboxylic acids is 1. The number of H-pyrrole nitrogens is 1. The molecule has 2 aromatic rings. The lowest BCUT2D eigenvalue weighted by atomic mass is 10.2. The van der Waals surface area contributed by atoms with E-state index in [4.69, 9.17) is 5.11 Å². The molecule has 0 bridgehead atoms. The van der Waals surface area contributed by atoms with Gasteiger partial charge in [0.2, 0.25) is 0 Å². The van der Waals surface area contributed by atoms with Gasteiger partial charge in [-0.1, -0.05) is 0 Å². The normalized spacial score (nSPS) is 12.5. The predicted molar refractivity (Wildman–Crippen MR) is 69.7 cm³/mol. The molecular formula is C10H13N5O2S. The summed E-state index contributed by atoms with van der Waals surface area (Å²) >= 11 is 1.61. The molecule has 8 heteroatoms. The molecule has 1 unspecified atom stereocenters. The van der Waals surface area contributed by atoms with Gasteiger partial charge in [-0.05, 0) is 18.4 Å². The van der Waals surface area contributed by atoms with Gasteiger partial charge in [0.25, 0.3) is 0 Å². The van der Waals surface area contributed by atoms with E-state index in [0.717, 1.165) is 5.75 Å². The quantitative estimate of drug-likeness (QED) is 0.716. The molecule has 0 aliphatic rings. The SMILES string of the molecule is CSCCC(Nc1ncnc2nc[nH]c12)C(=O)O. The maximum absolute atomic E-state index is 11.1. The van der Waals surface area contributed by atoms with Crippen molar-refractivity contribution in [2.24, 2.45) is 0 Å². The second kappa shape index (κ2) is 5.67. The first kappa shape index (κ1) is 12.6. The minimum absolute atomic E-state index is 0.464. The zero-order valence-electron chi connectivity index (χ0n) is 9.75. The van der Waals surface area contributed by atoms with E-state index in [1.807, 2.05) is 6.26 Å². The van der Waals surface area contributed by atoms with Gasteiger partial charge in [-0.25, -0.2) is 19.7 Å². The summed E-state index contributed by atoms with van der Waals surface area (Å²) in [5.74, 6) is 0.336. The molecule has 0 saturated carbocycles. The Hall–Kier alpha value is -1.83. The van der Waals surface area contributed by atoms with Crippen molar-refractivity contribution in [1.82, 2.24) is 19.9 Å². The van der Waals surface area contributed by atoms with Crippen LogP contribution in [0, 0.1) is 0 Å².